The number of hydrogen-bond acceptors (Lipinski definition) is 2. The molecule has 4 heteroatoms. The van der Waals surface area contributed by atoms with Crippen molar-refractivity contribution in [3.63, 3.8) is 0 Å². The van der Waals surface area contributed by atoms with Crippen LogP contribution in [0.5, 0.6) is 0 Å². The minimum absolute atomic E-state index is 0.109. The maximum Gasteiger partial charge on any atom is 0.166 e. The number of ketones is 1. The number of carbonyl (C=O) groups is 1. The molecule has 0 saturated carbocycles. The summed E-state index contributed by atoms with van der Waals surface area (Å²) in [5.41, 5.74) is 0.842. The van der Waals surface area contributed by atoms with Crippen LogP contribution in [0.2, 0.25) is 5.02 Å². The molecule has 17 heavy (non-hydrogen) atoms. The Morgan fingerprint density at radius 3 is 2.71 bits per heavy atom. The first-order valence-electron chi connectivity index (χ1n) is 5.69. The van der Waals surface area contributed by atoms with E-state index in [-0.39, 0.29) is 5.78 Å². The van der Waals surface area contributed by atoms with E-state index in [4.69, 9.17) is 16.3 Å². The lowest BCUT2D eigenvalue weighted by Gasteiger charge is -2.17. The molecule has 0 bridgehead atoms. The number of rotatable bonds is 6. The Kier molecular flexibility index (Phi) is 6.17. The van der Waals surface area contributed by atoms with Gasteiger partial charge in [0.05, 0.1) is 0 Å². The summed E-state index contributed by atoms with van der Waals surface area (Å²) in [6, 6.07) is 5.38. The van der Waals surface area contributed by atoms with E-state index < -0.39 is 6.10 Å². The van der Waals surface area contributed by atoms with Gasteiger partial charge in [0.2, 0.25) is 0 Å². The number of ether oxygens (including phenoxy) is 1. The predicted octanol–water partition coefficient (Wildman–Crippen LogP) is 4.55. The Labute approximate surface area is 115 Å². The van der Waals surface area contributed by atoms with Gasteiger partial charge in [-0.3, -0.25) is 4.79 Å². The molecule has 0 aliphatic carbocycles. The molecule has 2 nitrogen and oxygen atoms in total. The molecule has 0 saturated heterocycles. The third-order valence-electron chi connectivity index (χ3n) is 2.37. The van der Waals surface area contributed by atoms with Crippen molar-refractivity contribution in [2.24, 2.45) is 0 Å². The van der Waals surface area contributed by atoms with Crippen molar-refractivity contribution in [2.45, 2.75) is 32.8 Å². The molecule has 1 atom stereocenters. The zero-order chi connectivity index (χ0) is 12.8. The number of halogens is 2. The lowest BCUT2D eigenvalue weighted by atomic mass is 10.0. The van der Waals surface area contributed by atoms with Crippen LogP contribution in [0, 0.1) is 0 Å². The second-order valence-electron chi connectivity index (χ2n) is 3.72. The molecule has 0 aromatic heterocycles. The van der Waals surface area contributed by atoms with Crippen LogP contribution in [0.15, 0.2) is 22.7 Å². The van der Waals surface area contributed by atoms with Gasteiger partial charge in [-0.25, -0.2) is 0 Å². The van der Waals surface area contributed by atoms with Crippen LogP contribution in [0.4, 0.5) is 0 Å². The van der Waals surface area contributed by atoms with Crippen molar-refractivity contribution >= 4 is 33.3 Å². The number of benzene rings is 1. The lowest BCUT2D eigenvalue weighted by Crippen LogP contribution is -2.16. The summed E-state index contributed by atoms with van der Waals surface area (Å²) in [5, 5.41) is 0.638. The average Bonchev–Trinajstić information content (AvgIpc) is 2.27. The molecule has 0 radical (unpaired) electrons. The van der Waals surface area contributed by atoms with Crippen LogP contribution >= 0.6 is 27.5 Å². The monoisotopic (exact) mass is 318 g/mol. The van der Waals surface area contributed by atoms with Crippen LogP contribution in [-0.2, 0) is 9.53 Å². The number of carbonyl (C=O) groups excluding carboxylic acids is 1. The van der Waals surface area contributed by atoms with Crippen molar-refractivity contribution in [3.05, 3.63) is 33.3 Å². The third kappa shape index (κ3) is 4.09. The van der Waals surface area contributed by atoms with E-state index >= 15 is 0 Å². The van der Waals surface area contributed by atoms with E-state index in [1.165, 1.54) is 0 Å². The summed E-state index contributed by atoms with van der Waals surface area (Å²) >= 11 is 9.30. The number of hydrogen-bond donors (Lipinski definition) is 0. The molecule has 1 aromatic rings. The Hall–Kier alpha value is -0.380. The second kappa shape index (κ2) is 7.14. The normalized spacial score (nSPS) is 12.5. The van der Waals surface area contributed by atoms with Crippen molar-refractivity contribution < 1.29 is 9.53 Å². The molecule has 0 amide bonds. The summed E-state index contributed by atoms with van der Waals surface area (Å²) in [5.74, 6) is 0.109. The highest BCUT2D eigenvalue weighted by molar-refractivity contribution is 9.10. The molecule has 1 aromatic carbocycles. The van der Waals surface area contributed by atoms with Gasteiger partial charge in [-0.1, -0.05) is 40.5 Å². The molecule has 0 fully saturated rings. The Morgan fingerprint density at radius 1 is 1.47 bits per heavy atom. The zero-order valence-corrected chi connectivity index (χ0v) is 12.3. The van der Waals surface area contributed by atoms with Crippen molar-refractivity contribution in [1.82, 2.24) is 0 Å². The van der Waals surface area contributed by atoms with Gasteiger partial charge in [-0.05, 0) is 25.5 Å². The predicted molar refractivity (Wildman–Crippen MR) is 73.4 cm³/mol. The van der Waals surface area contributed by atoms with Gasteiger partial charge in [0.1, 0.15) is 6.10 Å². The van der Waals surface area contributed by atoms with Gasteiger partial charge in [0.15, 0.2) is 5.78 Å². The summed E-state index contributed by atoms with van der Waals surface area (Å²) in [7, 11) is 0. The second-order valence-corrected chi connectivity index (χ2v) is 5.01. The molecular formula is C13H16BrClO2. The molecule has 0 spiro atoms. The summed E-state index contributed by atoms with van der Waals surface area (Å²) in [6.07, 6.45) is 0.861. The first-order valence-corrected chi connectivity index (χ1v) is 6.86. The van der Waals surface area contributed by atoms with Crippen LogP contribution < -0.4 is 0 Å². The Morgan fingerprint density at radius 2 is 2.18 bits per heavy atom. The van der Waals surface area contributed by atoms with Gasteiger partial charge in [-0.15, -0.1) is 0 Å². The maximum atomic E-state index is 12.0. The SMILES string of the molecule is CCCC(=O)C(OCC)c1ccc(Cl)cc1Br. The average molecular weight is 320 g/mol. The minimum atomic E-state index is -0.494. The smallest absolute Gasteiger partial charge is 0.166 e. The first kappa shape index (κ1) is 14.7. The van der Waals surface area contributed by atoms with Crippen LogP contribution in [-0.4, -0.2) is 12.4 Å². The van der Waals surface area contributed by atoms with Crippen molar-refractivity contribution in [1.29, 1.82) is 0 Å². The van der Waals surface area contributed by atoms with Crippen molar-refractivity contribution in [2.75, 3.05) is 6.61 Å². The topological polar surface area (TPSA) is 26.3 Å². The van der Waals surface area contributed by atoms with E-state index in [1.807, 2.05) is 19.9 Å². The summed E-state index contributed by atoms with van der Waals surface area (Å²) < 4.78 is 6.35. The molecular weight excluding hydrogens is 303 g/mol. The van der Waals surface area contributed by atoms with Gasteiger partial charge in [-0.2, -0.15) is 0 Å². The molecule has 0 aliphatic rings. The fourth-order valence-electron chi connectivity index (χ4n) is 1.61. The Bertz CT molecular complexity index is 393. The molecule has 0 aliphatic heterocycles. The molecule has 94 valence electrons. The summed E-state index contributed by atoms with van der Waals surface area (Å²) in [6.45, 7) is 4.38. The maximum absolute atomic E-state index is 12.0. The van der Waals surface area contributed by atoms with E-state index in [1.54, 1.807) is 12.1 Å². The standard InChI is InChI=1S/C13H16BrClO2/c1-3-5-12(16)13(17-4-2)10-7-6-9(15)8-11(10)14/h6-8,13H,3-5H2,1-2H3. The van der Waals surface area contributed by atoms with E-state index in [9.17, 15) is 4.79 Å². The lowest BCUT2D eigenvalue weighted by molar-refractivity contribution is -0.130. The van der Waals surface area contributed by atoms with E-state index in [0.29, 0.717) is 18.1 Å². The highest BCUT2D eigenvalue weighted by atomic mass is 79.9. The summed E-state index contributed by atoms with van der Waals surface area (Å²) in [4.78, 5) is 12.0. The molecule has 0 heterocycles. The quantitative estimate of drug-likeness (QED) is 0.769. The van der Waals surface area contributed by atoms with Crippen LogP contribution in [0.1, 0.15) is 38.4 Å². The first-order chi connectivity index (χ1) is 8.10. The highest BCUT2D eigenvalue weighted by Crippen LogP contribution is 2.30. The van der Waals surface area contributed by atoms with E-state index in [0.717, 1.165) is 16.5 Å². The third-order valence-corrected chi connectivity index (χ3v) is 3.29. The van der Waals surface area contributed by atoms with E-state index in [2.05, 4.69) is 15.9 Å². The van der Waals surface area contributed by atoms with Gasteiger partial charge < -0.3 is 4.74 Å². The highest BCUT2D eigenvalue weighted by Gasteiger charge is 2.22. The Balaban J connectivity index is 3.00. The van der Waals surface area contributed by atoms with Gasteiger partial charge in [0, 0.05) is 28.1 Å². The zero-order valence-electron chi connectivity index (χ0n) is 10.0. The van der Waals surface area contributed by atoms with Crippen LogP contribution in [0.25, 0.3) is 0 Å². The molecule has 1 unspecified atom stereocenters. The minimum Gasteiger partial charge on any atom is -0.366 e. The fraction of sp³-hybridized carbons (Fsp3) is 0.462. The van der Waals surface area contributed by atoms with Crippen LogP contribution in [0.3, 0.4) is 0 Å². The number of Topliss-reactive ketones (excluding diaryl/α,β-unsaturated/α-hetero) is 1. The largest absolute Gasteiger partial charge is 0.366 e. The van der Waals surface area contributed by atoms with Crippen molar-refractivity contribution in [3.8, 4) is 0 Å². The molecule has 1 rings (SSSR count). The van der Waals surface area contributed by atoms with Gasteiger partial charge in [0.25, 0.3) is 0 Å². The fourth-order valence-corrected chi connectivity index (χ4v) is 2.51. The van der Waals surface area contributed by atoms with Gasteiger partial charge >= 0.3 is 0 Å². The molecule has 0 N–H and O–H groups in total.